The number of benzene rings is 1. The Bertz CT molecular complexity index is 477. The van der Waals surface area contributed by atoms with E-state index in [-0.39, 0.29) is 17.1 Å². The number of aliphatic carboxylic acids is 1. The van der Waals surface area contributed by atoms with Gasteiger partial charge in [0.2, 0.25) is 0 Å². The Hall–Kier alpha value is -1.62. The van der Waals surface area contributed by atoms with Crippen LogP contribution in [0, 0.1) is 0 Å². The number of rotatable bonds is 3. The molecular formula is C11H9BrO4. The Kier molecular flexibility index (Phi) is 3.84. The van der Waals surface area contributed by atoms with Crippen LogP contribution in [0.15, 0.2) is 22.7 Å². The maximum Gasteiger partial charge on any atom is 0.328 e. The number of Topliss-reactive ketones (excluding diaryl/α,β-unsaturated/α-hetero) is 1. The molecule has 0 unspecified atom stereocenters. The quantitative estimate of drug-likeness (QED) is 0.660. The van der Waals surface area contributed by atoms with Crippen molar-refractivity contribution >= 4 is 33.8 Å². The Morgan fingerprint density at radius 1 is 1.38 bits per heavy atom. The summed E-state index contributed by atoms with van der Waals surface area (Å²) in [6, 6.07) is 2.79. The molecule has 0 aliphatic rings. The summed E-state index contributed by atoms with van der Waals surface area (Å²) in [5, 5.41) is 18.0. The van der Waals surface area contributed by atoms with Crippen LogP contribution in [0.5, 0.6) is 5.75 Å². The first-order chi connectivity index (χ1) is 7.41. The minimum absolute atomic E-state index is 0.133. The van der Waals surface area contributed by atoms with Gasteiger partial charge in [-0.1, -0.05) is 15.9 Å². The highest BCUT2D eigenvalue weighted by Crippen LogP contribution is 2.27. The topological polar surface area (TPSA) is 74.6 Å². The summed E-state index contributed by atoms with van der Waals surface area (Å²) in [5.74, 6) is -1.49. The molecule has 1 rings (SSSR count). The van der Waals surface area contributed by atoms with Gasteiger partial charge in [-0.05, 0) is 30.7 Å². The van der Waals surface area contributed by atoms with Crippen molar-refractivity contribution in [1.29, 1.82) is 0 Å². The Labute approximate surface area is 100 Å². The Morgan fingerprint density at radius 3 is 2.50 bits per heavy atom. The van der Waals surface area contributed by atoms with E-state index < -0.39 is 5.97 Å². The summed E-state index contributed by atoms with van der Waals surface area (Å²) in [6.45, 7) is 1.33. The lowest BCUT2D eigenvalue weighted by atomic mass is 10.1. The van der Waals surface area contributed by atoms with Gasteiger partial charge >= 0.3 is 5.97 Å². The number of aromatic hydroxyl groups is 1. The number of carboxylic acids is 1. The van der Waals surface area contributed by atoms with Crippen LogP contribution in [0.3, 0.4) is 0 Å². The lowest BCUT2D eigenvalue weighted by molar-refractivity contribution is -0.131. The van der Waals surface area contributed by atoms with Crippen molar-refractivity contribution in [3.05, 3.63) is 33.8 Å². The van der Waals surface area contributed by atoms with E-state index in [9.17, 15) is 14.7 Å². The Morgan fingerprint density at radius 2 is 2.00 bits per heavy atom. The highest BCUT2D eigenvalue weighted by molar-refractivity contribution is 9.10. The third-order valence-electron chi connectivity index (χ3n) is 1.90. The summed E-state index contributed by atoms with van der Waals surface area (Å²) < 4.78 is 0.521. The third kappa shape index (κ3) is 2.93. The first-order valence-corrected chi connectivity index (χ1v) is 5.15. The van der Waals surface area contributed by atoms with Crippen LogP contribution in [0.1, 0.15) is 22.8 Å². The molecule has 0 bridgehead atoms. The van der Waals surface area contributed by atoms with Gasteiger partial charge in [0.15, 0.2) is 5.78 Å². The number of halogens is 1. The number of phenolic OH excluding ortho intramolecular Hbond substituents is 1. The normalized spacial score (nSPS) is 10.6. The van der Waals surface area contributed by atoms with Crippen LogP contribution in [0.2, 0.25) is 0 Å². The second-order valence-corrected chi connectivity index (χ2v) is 3.97. The maximum absolute atomic E-state index is 11.2. The lowest BCUT2D eigenvalue weighted by Crippen LogP contribution is -1.94. The van der Waals surface area contributed by atoms with E-state index in [1.165, 1.54) is 25.1 Å². The molecule has 0 aromatic heterocycles. The van der Waals surface area contributed by atoms with Crippen LogP contribution in [0.25, 0.3) is 6.08 Å². The molecule has 5 heteroatoms. The largest absolute Gasteiger partial charge is 0.507 e. The SMILES string of the molecule is CC(=O)c1cc(/C=C/C(=O)O)c(Br)cc1O. The second-order valence-electron chi connectivity index (χ2n) is 3.12. The van der Waals surface area contributed by atoms with Gasteiger partial charge < -0.3 is 10.2 Å². The van der Waals surface area contributed by atoms with Crippen LogP contribution in [0.4, 0.5) is 0 Å². The van der Waals surface area contributed by atoms with Crippen LogP contribution >= 0.6 is 15.9 Å². The zero-order valence-corrected chi connectivity index (χ0v) is 9.98. The van der Waals surface area contributed by atoms with Crippen molar-refractivity contribution in [1.82, 2.24) is 0 Å². The minimum atomic E-state index is -1.08. The standard InChI is InChI=1S/C11H9BrO4/c1-6(13)8-4-7(2-3-11(15)16)9(12)5-10(8)14/h2-5,14H,1H3,(H,15,16)/b3-2+. The minimum Gasteiger partial charge on any atom is -0.507 e. The predicted octanol–water partition coefficient (Wildman–Crippen LogP) is 2.46. The van der Waals surface area contributed by atoms with E-state index >= 15 is 0 Å². The van der Waals surface area contributed by atoms with Crippen molar-refractivity contribution in [2.45, 2.75) is 6.92 Å². The van der Waals surface area contributed by atoms with E-state index in [1.807, 2.05) is 0 Å². The van der Waals surface area contributed by atoms with E-state index in [4.69, 9.17) is 5.11 Å². The van der Waals surface area contributed by atoms with Crippen LogP contribution in [-0.2, 0) is 4.79 Å². The summed E-state index contributed by atoms with van der Waals surface area (Å²) in [4.78, 5) is 21.5. The Balaban J connectivity index is 3.25. The summed E-state index contributed by atoms with van der Waals surface area (Å²) in [7, 11) is 0. The molecule has 0 aliphatic carbocycles. The number of carboxylic acid groups (broad SMARTS) is 1. The van der Waals surface area contributed by atoms with Crippen molar-refractivity contribution in [2.75, 3.05) is 0 Å². The molecule has 0 saturated heterocycles. The van der Waals surface area contributed by atoms with Gasteiger partial charge in [-0.25, -0.2) is 4.79 Å². The molecule has 0 saturated carbocycles. The van der Waals surface area contributed by atoms with Crippen molar-refractivity contribution in [3.8, 4) is 5.75 Å². The summed E-state index contributed by atoms with van der Waals surface area (Å²) >= 11 is 3.17. The van der Waals surface area contributed by atoms with Gasteiger partial charge in [0, 0.05) is 10.5 Å². The van der Waals surface area contributed by atoms with Crippen molar-refractivity contribution in [3.63, 3.8) is 0 Å². The average Bonchev–Trinajstić information content (AvgIpc) is 2.15. The van der Waals surface area contributed by atoms with E-state index in [0.717, 1.165) is 6.08 Å². The lowest BCUT2D eigenvalue weighted by Gasteiger charge is -2.04. The summed E-state index contributed by atoms with van der Waals surface area (Å²) in [6.07, 6.45) is 2.30. The molecule has 16 heavy (non-hydrogen) atoms. The molecule has 0 amide bonds. The molecule has 0 radical (unpaired) electrons. The number of carbonyl (C=O) groups excluding carboxylic acids is 1. The molecule has 0 fully saturated rings. The van der Waals surface area contributed by atoms with E-state index in [0.29, 0.717) is 10.0 Å². The number of hydrogen-bond acceptors (Lipinski definition) is 3. The van der Waals surface area contributed by atoms with Gasteiger partial charge in [-0.3, -0.25) is 4.79 Å². The molecule has 84 valence electrons. The van der Waals surface area contributed by atoms with Gasteiger partial charge in [0.05, 0.1) is 5.56 Å². The molecule has 1 aromatic carbocycles. The molecule has 0 heterocycles. The zero-order valence-electron chi connectivity index (χ0n) is 8.40. The average molecular weight is 285 g/mol. The first-order valence-electron chi connectivity index (χ1n) is 4.36. The van der Waals surface area contributed by atoms with Gasteiger partial charge in [0.25, 0.3) is 0 Å². The molecular weight excluding hydrogens is 276 g/mol. The molecule has 0 atom stereocenters. The molecule has 2 N–H and O–H groups in total. The smallest absolute Gasteiger partial charge is 0.328 e. The maximum atomic E-state index is 11.2. The van der Waals surface area contributed by atoms with Gasteiger partial charge in [-0.15, -0.1) is 0 Å². The monoisotopic (exact) mass is 284 g/mol. The van der Waals surface area contributed by atoms with Gasteiger partial charge in [-0.2, -0.15) is 0 Å². The van der Waals surface area contributed by atoms with Crippen LogP contribution in [-0.4, -0.2) is 22.0 Å². The van der Waals surface area contributed by atoms with Crippen LogP contribution < -0.4 is 0 Å². The fourth-order valence-corrected chi connectivity index (χ4v) is 1.61. The predicted molar refractivity (Wildman–Crippen MR) is 62.5 cm³/mol. The molecule has 0 spiro atoms. The van der Waals surface area contributed by atoms with Gasteiger partial charge in [0.1, 0.15) is 5.75 Å². The fraction of sp³-hybridized carbons (Fsp3) is 0.0909. The molecule has 0 aliphatic heterocycles. The van der Waals surface area contributed by atoms with Crippen molar-refractivity contribution in [2.24, 2.45) is 0 Å². The molecule has 1 aromatic rings. The first kappa shape index (κ1) is 12.4. The molecule has 4 nitrogen and oxygen atoms in total. The number of carbonyl (C=O) groups is 2. The number of hydrogen-bond donors (Lipinski definition) is 2. The summed E-state index contributed by atoms with van der Waals surface area (Å²) in [5.41, 5.74) is 0.679. The second kappa shape index (κ2) is 4.94. The van der Waals surface area contributed by atoms with Crippen molar-refractivity contribution < 1.29 is 19.8 Å². The number of phenols is 1. The third-order valence-corrected chi connectivity index (χ3v) is 2.59. The van der Waals surface area contributed by atoms with E-state index in [1.54, 1.807) is 0 Å². The van der Waals surface area contributed by atoms with E-state index in [2.05, 4.69) is 15.9 Å². The zero-order chi connectivity index (χ0) is 12.3. The fourth-order valence-electron chi connectivity index (χ4n) is 1.15. The highest BCUT2D eigenvalue weighted by atomic mass is 79.9. The number of ketones is 1. The highest BCUT2D eigenvalue weighted by Gasteiger charge is 2.09.